The van der Waals surface area contributed by atoms with Gasteiger partial charge in [0.15, 0.2) is 0 Å². The number of hydrogen-bond acceptors (Lipinski definition) is 5. The topological polar surface area (TPSA) is 56.3 Å². The molecule has 0 radical (unpaired) electrons. The lowest BCUT2D eigenvalue weighted by atomic mass is 10.4. The van der Waals surface area contributed by atoms with E-state index in [0.717, 1.165) is 6.54 Å². The summed E-state index contributed by atoms with van der Waals surface area (Å²) in [5, 5.41) is 3.03. The number of rotatable bonds is 7. The zero-order chi connectivity index (χ0) is 11.8. The lowest BCUT2D eigenvalue weighted by Crippen LogP contribution is -2.19. The maximum Gasteiger partial charge on any atom is 0.225 e. The SMILES string of the molecule is CCNc1nccc(OC(C)COCC)n1. The highest BCUT2D eigenvalue weighted by atomic mass is 16.5. The van der Waals surface area contributed by atoms with Crippen molar-refractivity contribution in [2.45, 2.75) is 26.9 Å². The van der Waals surface area contributed by atoms with Crippen molar-refractivity contribution in [1.82, 2.24) is 9.97 Å². The first kappa shape index (κ1) is 12.7. The molecular weight excluding hydrogens is 206 g/mol. The lowest BCUT2D eigenvalue weighted by Gasteiger charge is -2.13. The number of aromatic nitrogens is 2. The molecule has 0 saturated heterocycles. The molecule has 1 heterocycles. The Labute approximate surface area is 96.2 Å². The molecule has 0 saturated carbocycles. The van der Waals surface area contributed by atoms with Gasteiger partial charge in [-0.1, -0.05) is 0 Å². The van der Waals surface area contributed by atoms with E-state index in [1.807, 2.05) is 20.8 Å². The van der Waals surface area contributed by atoms with E-state index in [0.29, 0.717) is 25.0 Å². The van der Waals surface area contributed by atoms with Crippen molar-refractivity contribution in [2.75, 3.05) is 25.1 Å². The molecule has 5 nitrogen and oxygen atoms in total. The van der Waals surface area contributed by atoms with Crippen LogP contribution in [0.3, 0.4) is 0 Å². The second-order valence-electron chi connectivity index (χ2n) is 3.34. The first-order valence-corrected chi connectivity index (χ1v) is 5.57. The van der Waals surface area contributed by atoms with Crippen LogP contribution in [0.15, 0.2) is 12.3 Å². The second kappa shape index (κ2) is 7.00. The van der Waals surface area contributed by atoms with Gasteiger partial charge in [0.25, 0.3) is 0 Å². The Morgan fingerprint density at radius 3 is 2.94 bits per heavy atom. The normalized spacial score (nSPS) is 12.2. The predicted molar refractivity (Wildman–Crippen MR) is 62.8 cm³/mol. The first-order valence-electron chi connectivity index (χ1n) is 5.57. The van der Waals surface area contributed by atoms with Crippen LogP contribution in [-0.4, -0.2) is 35.8 Å². The van der Waals surface area contributed by atoms with Gasteiger partial charge in [-0.25, -0.2) is 4.98 Å². The van der Waals surface area contributed by atoms with Crippen LogP contribution in [0.5, 0.6) is 5.88 Å². The molecule has 1 aromatic heterocycles. The number of nitrogens with zero attached hydrogens (tertiary/aromatic N) is 2. The van der Waals surface area contributed by atoms with Crippen LogP contribution in [-0.2, 0) is 4.74 Å². The van der Waals surface area contributed by atoms with Crippen molar-refractivity contribution in [3.63, 3.8) is 0 Å². The van der Waals surface area contributed by atoms with Gasteiger partial charge in [-0.15, -0.1) is 0 Å². The van der Waals surface area contributed by atoms with E-state index >= 15 is 0 Å². The molecule has 16 heavy (non-hydrogen) atoms. The molecule has 1 N–H and O–H groups in total. The third-order valence-electron chi connectivity index (χ3n) is 1.84. The minimum Gasteiger partial charge on any atom is -0.472 e. The van der Waals surface area contributed by atoms with Crippen LogP contribution in [0.2, 0.25) is 0 Å². The third-order valence-corrected chi connectivity index (χ3v) is 1.84. The predicted octanol–water partition coefficient (Wildman–Crippen LogP) is 1.71. The summed E-state index contributed by atoms with van der Waals surface area (Å²) in [7, 11) is 0. The summed E-state index contributed by atoms with van der Waals surface area (Å²) in [6.07, 6.45) is 1.66. The molecule has 0 spiro atoms. The molecule has 90 valence electrons. The van der Waals surface area contributed by atoms with Crippen LogP contribution in [0, 0.1) is 0 Å². The molecule has 0 aliphatic rings. The monoisotopic (exact) mass is 225 g/mol. The molecule has 1 unspecified atom stereocenters. The highest BCUT2D eigenvalue weighted by molar-refractivity contribution is 5.26. The van der Waals surface area contributed by atoms with Gasteiger partial charge in [-0.05, 0) is 20.8 Å². The fraction of sp³-hybridized carbons (Fsp3) is 0.636. The molecule has 1 rings (SSSR count). The summed E-state index contributed by atoms with van der Waals surface area (Å²) in [6.45, 7) is 7.95. The van der Waals surface area contributed by atoms with E-state index < -0.39 is 0 Å². The summed E-state index contributed by atoms with van der Waals surface area (Å²) in [5.41, 5.74) is 0. The number of nitrogens with one attached hydrogen (secondary N) is 1. The molecule has 1 aromatic rings. The molecule has 0 fully saturated rings. The summed E-state index contributed by atoms with van der Waals surface area (Å²) < 4.78 is 10.8. The van der Waals surface area contributed by atoms with Crippen LogP contribution < -0.4 is 10.1 Å². The second-order valence-corrected chi connectivity index (χ2v) is 3.34. The van der Waals surface area contributed by atoms with Gasteiger partial charge in [0.05, 0.1) is 6.61 Å². The van der Waals surface area contributed by atoms with Gasteiger partial charge in [0.1, 0.15) is 6.10 Å². The summed E-state index contributed by atoms with van der Waals surface area (Å²) in [6, 6.07) is 1.74. The number of ether oxygens (including phenoxy) is 2. The van der Waals surface area contributed by atoms with Crippen molar-refractivity contribution < 1.29 is 9.47 Å². The molecule has 0 aliphatic heterocycles. The van der Waals surface area contributed by atoms with Gasteiger partial charge in [0, 0.05) is 25.4 Å². The van der Waals surface area contributed by atoms with E-state index in [-0.39, 0.29) is 6.10 Å². The minimum absolute atomic E-state index is 0.00988. The van der Waals surface area contributed by atoms with E-state index in [1.165, 1.54) is 0 Å². The van der Waals surface area contributed by atoms with E-state index in [2.05, 4.69) is 15.3 Å². The van der Waals surface area contributed by atoms with Crippen LogP contribution in [0.25, 0.3) is 0 Å². The van der Waals surface area contributed by atoms with E-state index in [1.54, 1.807) is 12.3 Å². The van der Waals surface area contributed by atoms with Gasteiger partial charge < -0.3 is 14.8 Å². The molecule has 0 amide bonds. The fourth-order valence-electron chi connectivity index (χ4n) is 1.18. The zero-order valence-corrected chi connectivity index (χ0v) is 10.1. The van der Waals surface area contributed by atoms with Gasteiger partial charge >= 0.3 is 0 Å². The number of anilines is 1. The van der Waals surface area contributed by atoms with Crippen LogP contribution >= 0.6 is 0 Å². The average Bonchev–Trinajstić information content (AvgIpc) is 2.27. The Hall–Kier alpha value is -1.36. The molecule has 0 bridgehead atoms. The van der Waals surface area contributed by atoms with Crippen molar-refractivity contribution in [2.24, 2.45) is 0 Å². The molecule has 0 aliphatic carbocycles. The van der Waals surface area contributed by atoms with Crippen molar-refractivity contribution in [1.29, 1.82) is 0 Å². The minimum atomic E-state index is -0.00988. The summed E-state index contributed by atoms with van der Waals surface area (Å²) in [5.74, 6) is 1.15. The Balaban J connectivity index is 2.49. The standard InChI is InChI=1S/C11H19N3O2/c1-4-12-11-13-7-6-10(14-11)16-9(3)8-15-5-2/h6-7,9H,4-5,8H2,1-3H3,(H,12,13,14). The largest absolute Gasteiger partial charge is 0.472 e. The maximum absolute atomic E-state index is 5.59. The van der Waals surface area contributed by atoms with E-state index in [4.69, 9.17) is 9.47 Å². The van der Waals surface area contributed by atoms with Crippen molar-refractivity contribution in [3.05, 3.63) is 12.3 Å². The smallest absolute Gasteiger partial charge is 0.225 e. The third kappa shape index (κ3) is 4.44. The van der Waals surface area contributed by atoms with Gasteiger partial charge in [-0.2, -0.15) is 4.98 Å². The molecule has 1 atom stereocenters. The highest BCUT2D eigenvalue weighted by Gasteiger charge is 2.05. The fourth-order valence-corrected chi connectivity index (χ4v) is 1.18. The Bertz CT molecular complexity index is 307. The molecule has 5 heteroatoms. The first-order chi connectivity index (χ1) is 7.76. The Morgan fingerprint density at radius 1 is 1.44 bits per heavy atom. The molecule has 0 aromatic carbocycles. The molecular formula is C11H19N3O2. The van der Waals surface area contributed by atoms with Gasteiger partial charge in [0.2, 0.25) is 11.8 Å². The van der Waals surface area contributed by atoms with E-state index in [9.17, 15) is 0 Å². The lowest BCUT2D eigenvalue weighted by molar-refractivity contribution is 0.0633. The Morgan fingerprint density at radius 2 is 2.25 bits per heavy atom. The van der Waals surface area contributed by atoms with Crippen molar-refractivity contribution >= 4 is 5.95 Å². The van der Waals surface area contributed by atoms with Crippen LogP contribution in [0.1, 0.15) is 20.8 Å². The Kier molecular flexibility index (Phi) is 5.56. The highest BCUT2D eigenvalue weighted by Crippen LogP contribution is 2.10. The van der Waals surface area contributed by atoms with Crippen molar-refractivity contribution in [3.8, 4) is 5.88 Å². The van der Waals surface area contributed by atoms with Gasteiger partial charge in [-0.3, -0.25) is 0 Å². The number of hydrogen-bond donors (Lipinski definition) is 1. The average molecular weight is 225 g/mol. The zero-order valence-electron chi connectivity index (χ0n) is 10.1. The quantitative estimate of drug-likeness (QED) is 0.765. The summed E-state index contributed by atoms with van der Waals surface area (Å²) >= 11 is 0. The summed E-state index contributed by atoms with van der Waals surface area (Å²) in [4.78, 5) is 8.28. The van der Waals surface area contributed by atoms with Crippen LogP contribution in [0.4, 0.5) is 5.95 Å². The maximum atomic E-state index is 5.59.